The fraction of sp³-hybridized carbons (Fsp3) is 1.00. The van der Waals surface area contributed by atoms with Gasteiger partial charge in [0, 0.05) is 19.6 Å². The molecular weight excluding hydrogens is 188 g/mol. The molecule has 1 rings (SSSR count). The van der Waals surface area contributed by atoms with E-state index in [1.165, 1.54) is 6.42 Å². The highest BCUT2D eigenvalue weighted by Crippen LogP contribution is 2.14. The summed E-state index contributed by atoms with van der Waals surface area (Å²) in [6, 6.07) is 0. The van der Waals surface area contributed by atoms with E-state index in [2.05, 4.69) is 25.7 Å². The first-order chi connectivity index (χ1) is 7.11. The zero-order valence-electron chi connectivity index (χ0n) is 10.4. The monoisotopic (exact) mass is 214 g/mol. The van der Waals surface area contributed by atoms with E-state index >= 15 is 0 Å². The normalized spacial score (nSPS) is 25.8. The Kier molecular flexibility index (Phi) is 5.58. The molecule has 1 heterocycles. The summed E-state index contributed by atoms with van der Waals surface area (Å²) >= 11 is 0. The van der Waals surface area contributed by atoms with E-state index in [1.54, 1.807) is 0 Å². The van der Waals surface area contributed by atoms with Crippen LogP contribution in [0.4, 0.5) is 0 Å². The predicted molar refractivity (Wildman–Crippen MR) is 63.9 cm³/mol. The van der Waals surface area contributed by atoms with Gasteiger partial charge in [-0.05, 0) is 31.7 Å². The molecule has 3 nitrogen and oxygen atoms in total. The van der Waals surface area contributed by atoms with E-state index in [-0.39, 0.29) is 0 Å². The van der Waals surface area contributed by atoms with Crippen LogP contribution in [0.15, 0.2) is 0 Å². The average Bonchev–Trinajstić information content (AvgIpc) is 2.16. The number of morpholine rings is 1. The van der Waals surface area contributed by atoms with Crippen LogP contribution in [0.25, 0.3) is 0 Å². The lowest BCUT2D eigenvalue weighted by atomic mass is 9.96. The minimum atomic E-state index is 0.385. The molecule has 0 aromatic heterocycles. The van der Waals surface area contributed by atoms with Crippen LogP contribution in [0, 0.1) is 11.8 Å². The van der Waals surface area contributed by atoms with Crippen molar-refractivity contribution >= 4 is 0 Å². The van der Waals surface area contributed by atoms with Gasteiger partial charge in [0.2, 0.25) is 0 Å². The molecule has 0 bridgehead atoms. The molecule has 2 atom stereocenters. The third kappa shape index (κ3) is 4.96. The first-order valence-corrected chi connectivity index (χ1v) is 6.15. The number of ether oxygens (including phenoxy) is 1. The predicted octanol–water partition coefficient (Wildman–Crippen LogP) is 1.33. The van der Waals surface area contributed by atoms with Gasteiger partial charge in [-0.2, -0.15) is 0 Å². The Morgan fingerprint density at radius 2 is 2.20 bits per heavy atom. The number of rotatable bonds is 5. The highest BCUT2D eigenvalue weighted by atomic mass is 16.5. The smallest absolute Gasteiger partial charge is 0.0674 e. The minimum absolute atomic E-state index is 0.385. The van der Waals surface area contributed by atoms with Crippen LogP contribution < -0.4 is 5.73 Å². The fourth-order valence-corrected chi connectivity index (χ4v) is 2.33. The first kappa shape index (κ1) is 12.9. The molecule has 0 aromatic carbocycles. The zero-order chi connectivity index (χ0) is 11.3. The lowest BCUT2D eigenvalue weighted by Crippen LogP contribution is -2.44. The maximum atomic E-state index is 5.81. The van der Waals surface area contributed by atoms with Gasteiger partial charge in [-0.25, -0.2) is 0 Å². The van der Waals surface area contributed by atoms with Crippen molar-refractivity contribution in [1.82, 2.24) is 4.90 Å². The molecule has 2 N–H and O–H groups in total. The average molecular weight is 214 g/mol. The van der Waals surface area contributed by atoms with Crippen molar-refractivity contribution in [3.8, 4) is 0 Å². The lowest BCUT2D eigenvalue weighted by molar-refractivity contribution is -0.0234. The standard InChI is InChI=1S/C12H26N2O/c1-10(2)6-12(7-13)9-14-4-5-15-11(3)8-14/h10-12H,4-9,13H2,1-3H3. The quantitative estimate of drug-likeness (QED) is 0.750. The van der Waals surface area contributed by atoms with E-state index < -0.39 is 0 Å². The second-order valence-corrected chi connectivity index (χ2v) is 5.17. The third-order valence-corrected chi connectivity index (χ3v) is 2.98. The van der Waals surface area contributed by atoms with E-state index in [9.17, 15) is 0 Å². The van der Waals surface area contributed by atoms with Gasteiger partial charge in [-0.1, -0.05) is 13.8 Å². The molecule has 1 fully saturated rings. The van der Waals surface area contributed by atoms with Gasteiger partial charge in [-0.15, -0.1) is 0 Å². The summed E-state index contributed by atoms with van der Waals surface area (Å²) in [5.74, 6) is 1.40. The SMILES string of the molecule is CC(C)CC(CN)CN1CCOC(C)C1. The molecule has 2 unspecified atom stereocenters. The van der Waals surface area contributed by atoms with Gasteiger partial charge < -0.3 is 10.5 Å². The van der Waals surface area contributed by atoms with Crippen LogP contribution in [0.5, 0.6) is 0 Å². The Morgan fingerprint density at radius 1 is 1.47 bits per heavy atom. The highest BCUT2D eigenvalue weighted by molar-refractivity contribution is 4.73. The summed E-state index contributed by atoms with van der Waals surface area (Å²) in [4.78, 5) is 2.49. The molecule has 15 heavy (non-hydrogen) atoms. The van der Waals surface area contributed by atoms with Crippen molar-refractivity contribution in [1.29, 1.82) is 0 Å². The Hall–Kier alpha value is -0.120. The van der Waals surface area contributed by atoms with Crippen LogP contribution >= 0.6 is 0 Å². The summed E-state index contributed by atoms with van der Waals surface area (Å²) in [5, 5.41) is 0. The van der Waals surface area contributed by atoms with Crippen molar-refractivity contribution in [2.75, 3.05) is 32.8 Å². The van der Waals surface area contributed by atoms with E-state index in [0.717, 1.165) is 38.7 Å². The van der Waals surface area contributed by atoms with E-state index in [4.69, 9.17) is 10.5 Å². The van der Waals surface area contributed by atoms with Gasteiger partial charge in [0.1, 0.15) is 0 Å². The summed E-state index contributed by atoms with van der Waals surface area (Å²) in [6.45, 7) is 11.6. The topological polar surface area (TPSA) is 38.5 Å². The maximum Gasteiger partial charge on any atom is 0.0674 e. The van der Waals surface area contributed by atoms with Crippen molar-refractivity contribution in [3.63, 3.8) is 0 Å². The van der Waals surface area contributed by atoms with Crippen LogP contribution in [-0.4, -0.2) is 43.8 Å². The second kappa shape index (κ2) is 6.46. The molecule has 1 aliphatic rings. The number of nitrogens with zero attached hydrogens (tertiary/aromatic N) is 1. The van der Waals surface area contributed by atoms with Crippen LogP contribution in [0.2, 0.25) is 0 Å². The van der Waals surface area contributed by atoms with Crippen LogP contribution in [-0.2, 0) is 4.74 Å². The Bertz CT molecular complexity index is 171. The summed E-state index contributed by atoms with van der Waals surface area (Å²) in [5.41, 5.74) is 5.81. The Balaban J connectivity index is 2.30. The van der Waals surface area contributed by atoms with Gasteiger partial charge in [0.15, 0.2) is 0 Å². The molecule has 0 saturated carbocycles. The first-order valence-electron chi connectivity index (χ1n) is 6.15. The van der Waals surface area contributed by atoms with Gasteiger partial charge in [-0.3, -0.25) is 4.90 Å². The maximum absolute atomic E-state index is 5.81. The zero-order valence-corrected chi connectivity index (χ0v) is 10.4. The van der Waals surface area contributed by atoms with Crippen molar-refractivity contribution in [2.45, 2.75) is 33.3 Å². The molecule has 0 amide bonds. The van der Waals surface area contributed by atoms with Crippen LogP contribution in [0.3, 0.4) is 0 Å². The number of hydrogen-bond acceptors (Lipinski definition) is 3. The lowest BCUT2D eigenvalue weighted by Gasteiger charge is -2.33. The van der Waals surface area contributed by atoms with Crippen molar-refractivity contribution in [3.05, 3.63) is 0 Å². The number of hydrogen-bond donors (Lipinski definition) is 1. The molecule has 0 spiro atoms. The highest BCUT2D eigenvalue weighted by Gasteiger charge is 2.20. The van der Waals surface area contributed by atoms with Crippen LogP contribution in [0.1, 0.15) is 27.2 Å². The molecule has 1 aliphatic heterocycles. The van der Waals surface area contributed by atoms with E-state index in [1.807, 2.05) is 0 Å². The summed E-state index contributed by atoms with van der Waals surface area (Å²) in [6.07, 6.45) is 1.62. The molecule has 1 saturated heterocycles. The molecule has 0 radical (unpaired) electrons. The molecule has 0 aliphatic carbocycles. The fourth-order valence-electron chi connectivity index (χ4n) is 2.33. The van der Waals surface area contributed by atoms with E-state index in [0.29, 0.717) is 12.0 Å². The van der Waals surface area contributed by atoms with Gasteiger partial charge in [0.25, 0.3) is 0 Å². The molecular formula is C12H26N2O. The van der Waals surface area contributed by atoms with Crippen molar-refractivity contribution < 1.29 is 4.74 Å². The molecule has 3 heteroatoms. The Morgan fingerprint density at radius 3 is 2.73 bits per heavy atom. The molecule has 90 valence electrons. The second-order valence-electron chi connectivity index (χ2n) is 5.17. The number of nitrogens with two attached hydrogens (primary N) is 1. The van der Waals surface area contributed by atoms with Gasteiger partial charge >= 0.3 is 0 Å². The largest absolute Gasteiger partial charge is 0.376 e. The molecule has 0 aromatic rings. The van der Waals surface area contributed by atoms with Gasteiger partial charge in [0.05, 0.1) is 12.7 Å². The summed E-state index contributed by atoms with van der Waals surface area (Å²) in [7, 11) is 0. The summed E-state index contributed by atoms with van der Waals surface area (Å²) < 4.78 is 5.53. The Labute approximate surface area is 94.0 Å². The third-order valence-electron chi connectivity index (χ3n) is 2.98. The minimum Gasteiger partial charge on any atom is -0.376 e. The van der Waals surface area contributed by atoms with Crippen molar-refractivity contribution in [2.24, 2.45) is 17.6 Å².